The van der Waals surface area contributed by atoms with Crippen LogP contribution in [0.25, 0.3) is 10.2 Å². The van der Waals surface area contributed by atoms with E-state index in [9.17, 15) is 17.6 Å². The number of carbonyl (C=O) groups excluding carboxylic acids is 1. The van der Waals surface area contributed by atoms with Gasteiger partial charge in [0.15, 0.2) is 15.0 Å². The molecule has 0 unspecified atom stereocenters. The Labute approximate surface area is 205 Å². The Balaban J connectivity index is 1.77. The number of aromatic nitrogens is 1. The van der Waals surface area contributed by atoms with E-state index in [4.69, 9.17) is 4.98 Å². The number of thiazole rings is 1. The van der Waals surface area contributed by atoms with Gasteiger partial charge >= 0.3 is 0 Å². The predicted octanol–water partition coefficient (Wildman–Crippen LogP) is 4.98. The Morgan fingerprint density at radius 1 is 1.00 bits per heavy atom. The highest BCUT2D eigenvalue weighted by molar-refractivity contribution is 7.91. The van der Waals surface area contributed by atoms with E-state index in [0.717, 1.165) is 46.6 Å². The topological polar surface area (TPSA) is 70.6 Å². The number of rotatable bonds is 11. The van der Waals surface area contributed by atoms with Crippen molar-refractivity contribution in [2.75, 3.05) is 36.8 Å². The molecular weight excluding hydrogens is 473 g/mol. The lowest BCUT2D eigenvalue weighted by atomic mass is 10.1. The summed E-state index contributed by atoms with van der Waals surface area (Å²) in [5.74, 6) is -0.804. The van der Waals surface area contributed by atoms with Crippen molar-refractivity contribution in [3.8, 4) is 0 Å². The third-order valence-corrected chi connectivity index (χ3v) is 9.00. The Morgan fingerprint density at radius 3 is 2.26 bits per heavy atom. The van der Waals surface area contributed by atoms with Gasteiger partial charge in [-0.15, -0.1) is 0 Å². The fourth-order valence-corrected chi connectivity index (χ4v) is 6.25. The van der Waals surface area contributed by atoms with Crippen molar-refractivity contribution in [1.29, 1.82) is 0 Å². The zero-order valence-electron chi connectivity index (χ0n) is 20.2. The lowest BCUT2D eigenvalue weighted by molar-refractivity contribution is -0.118. The Bertz CT molecular complexity index is 1200. The largest absolute Gasteiger partial charge is 0.302 e. The van der Waals surface area contributed by atoms with Crippen molar-refractivity contribution in [3.63, 3.8) is 0 Å². The molecule has 1 aromatic heterocycles. The molecule has 2 aromatic carbocycles. The van der Waals surface area contributed by atoms with Gasteiger partial charge in [-0.1, -0.05) is 37.3 Å². The van der Waals surface area contributed by atoms with Crippen molar-refractivity contribution in [2.45, 2.75) is 45.4 Å². The highest BCUT2D eigenvalue weighted by atomic mass is 32.2. The number of aryl methyl sites for hydroxylation is 2. The van der Waals surface area contributed by atoms with Gasteiger partial charge in [0, 0.05) is 19.5 Å². The van der Waals surface area contributed by atoms with E-state index in [1.807, 2.05) is 19.9 Å². The molecule has 1 amide bonds. The highest BCUT2D eigenvalue weighted by Gasteiger charge is 2.23. The molecule has 3 rings (SSSR count). The summed E-state index contributed by atoms with van der Waals surface area (Å²) in [5, 5.41) is 0.644. The van der Waals surface area contributed by atoms with Gasteiger partial charge in [-0.05, 0) is 68.8 Å². The molecular formula is C25H32FN3O3S2. The summed E-state index contributed by atoms with van der Waals surface area (Å²) in [6, 6.07) is 8.86. The maximum atomic E-state index is 13.3. The summed E-state index contributed by atoms with van der Waals surface area (Å²) in [6.45, 7) is 11.2. The summed E-state index contributed by atoms with van der Waals surface area (Å²) in [5.41, 5.74) is 3.08. The summed E-state index contributed by atoms with van der Waals surface area (Å²) < 4.78 is 39.4. The lowest BCUT2D eigenvalue weighted by Crippen LogP contribution is -2.38. The van der Waals surface area contributed by atoms with Crippen LogP contribution in [0, 0.1) is 19.7 Å². The number of carbonyl (C=O) groups is 1. The molecule has 34 heavy (non-hydrogen) atoms. The minimum Gasteiger partial charge on any atom is -0.302 e. The van der Waals surface area contributed by atoms with Crippen LogP contribution in [0.1, 0.15) is 37.8 Å². The van der Waals surface area contributed by atoms with Gasteiger partial charge in [0.25, 0.3) is 0 Å². The van der Waals surface area contributed by atoms with E-state index in [0.29, 0.717) is 18.2 Å². The molecule has 0 N–H and O–H groups in total. The van der Waals surface area contributed by atoms with E-state index in [1.165, 1.54) is 23.5 Å². The maximum Gasteiger partial charge on any atom is 0.228 e. The van der Waals surface area contributed by atoms with Crippen LogP contribution in [0.2, 0.25) is 0 Å². The van der Waals surface area contributed by atoms with E-state index < -0.39 is 15.7 Å². The van der Waals surface area contributed by atoms with Crippen molar-refractivity contribution >= 4 is 42.4 Å². The van der Waals surface area contributed by atoms with Gasteiger partial charge in [-0.2, -0.15) is 0 Å². The Hall–Kier alpha value is -2.36. The number of hydrogen-bond donors (Lipinski definition) is 0. The van der Waals surface area contributed by atoms with Crippen LogP contribution in [0.4, 0.5) is 9.52 Å². The van der Waals surface area contributed by atoms with Gasteiger partial charge in [0.2, 0.25) is 5.91 Å². The average Bonchev–Trinajstić information content (AvgIpc) is 3.26. The van der Waals surface area contributed by atoms with Crippen LogP contribution in [-0.4, -0.2) is 56.1 Å². The van der Waals surface area contributed by atoms with Crippen LogP contribution >= 0.6 is 11.3 Å². The first-order valence-electron chi connectivity index (χ1n) is 11.5. The van der Waals surface area contributed by atoms with Gasteiger partial charge in [-0.3, -0.25) is 9.69 Å². The number of likely N-dealkylation sites (N-methyl/N-ethyl adjacent to an activating group) is 1. The molecule has 1 heterocycles. The standard InChI is InChI=1S/C25H32FN3O3S2/c1-5-28(6-2)15-16-29(25-27-23-18(3)9-10-19(4)24(23)33-25)22(30)8-7-17-34(31,32)21-13-11-20(26)12-14-21/h9-14H,5-8,15-17H2,1-4H3. The normalized spacial score (nSPS) is 11.9. The summed E-state index contributed by atoms with van der Waals surface area (Å²) in [7, 11) is -3.59. The van der Waals surface area contributed by atoms with Crippen LogP contribution in [0.5, 0.6) is 0 Å². The second-order valence-electron chi connectivity index (χ2n) is 8.32. The molecule has 3 aromatic rings. The van der Waals surface area contributed by atoms with E-state index in [-0.39, 0.29) is 29.4 Å². The van der Waals surface area contributed by atoms with Crippen LogP contribution in [0.15, 0.2) is 41.3 Å². The van der Waals surface area contributed by atoms with Crippen LogP contribution in [-0.2, 0) is 14.6 Å². The molecule has 0 aliphatic carbocycles. The third kappa shape index (κ3) is 6.20. The molecule has 0 saturated carbocycles. The van der Waals surface area contributed by atoms with Crippen LogP contribution in [0.3, 0.4) is 0 Å². The van der Waals surface area contributed by atoms with E-state index in [2.05, 4.69) is 24.8 Å². The van der Waals surface area contributed by atoms with Crippen molar-refractivity contribution in [2.24, 2.45) is 0 Å². The van der Waals surface area contributed by atoms with Crippen molar-refractivity contribution in [3.05, 3.63) is 53.3 Å². The zero-order valence-corrected chi connectivity index (χ0v) is 21.8. The predicted molar refractivity (Wildman–Crippen MR) is 137 cm³/mol. The van der Waals surface area contributed by atoms with Gasteiger partial charge < -0.3 is 4.90 Å². The smallest absolute Gasteiger partial charge is 0.228 e. The average molecular weight is 506 g/mol. The first-order chi connectivity index (χ1) is 16.2. The summed E-state index contributed by atoms with van der Waals surface area (Å²) in [6.07, 6.45) is 0.274. The third-order valence-electron chi connectivity index (χ3n) is 5.97. The Kier molecular flexibility index (Phi) is 8.78. The number of hydrogen-bond acceptors (Lipinski definition) is 6. The minimum absolute atomic E-state index is 0.0665. The van der Waals surface area contributed by atoms with Gasteiger partial charge in [0.1, 0.15) is 5.82 Å². The fourth-order valence-electron chi connectivity index (χ4n) is 3.78. The SMILES string of the molecule is CCN(CC)CCN(C(=O)CCCS(=O)(=O)c1ccc(F)cc1)c1nc2c(C)ccc(C)c2s1. The number of halogens is 1. The number of sulfone groups is 1. The molecule has 6 nitrogen and oxygen atoms in total. The first-order valence-corrected chi connectivity index (χ1v) is 14.0. The van der Waals surface area contributed by atoms with Gasteiger partial charge in [-0.25, -0.2) is 17.8 Å². The number of benzene rings is 2. The maximum absolute atomic E-state index is 13.3. The molecule has 0 aliphatic heterocycles. The van der Waals surface area contributed by atoms with E-state index in [1.54, 1.807) is 4.90 Å². The molecule has 0 bridgehead atoms. The number of fused-ring (bicyclic) bond motifs is 1. The molecule has 0 spiro atoms. The number of anilines is 1. The first kappa shape index (κ1) is 26.2. The second-order valence-corrected chi connectivity index (χ2v) is 11.4. The molecule has 9 heteroatoms. The van der Waals surface area contributed by atoms with Crippen molar-refractivity contribution in [1.82, 2.24) is 9.88 Å². The highest BCUT2D eigenvalue weighted by Crippen LogP contribution is 2.33. The molecule has 0 radical (unpaired) electrons. The van der Waals surface area contributed by atoms with E-state index >= 15 is 0 Å². The second kappa shape index (κ2) is 11.4. The Morgan fingerprint density at radius 2 is 1.65 bits per heavy atom. The minimum atomic E-state index is -3.59. The molecule has 0 fully saturated rings. The lowest BCUT2D eigenvalue weighted by Gasteiger charge is -2.24. The molecule has 0 atom stereocenters. The zero-order chi connectivity index (χ0) is 24.9. The monoisotopic (exact) mass is 505 g/mol. The molecule has 0 saturated heterocycles. The quantitative estimate of drug-likeness (QED) is 0.344. The molecule has 0 aliphatic rings. The number of amides is 1. The summed E-state index contributed by atoms with van der Waals surface area (Å²) >= 11 is 1.50. The van der Waals surface area contributed by atoms with Crippen LogP contribution < -0.4 is 4.90 Å². The summed E-state index contributed by atoms with van der Waals surface area (Å²) in [4.78, 5) is 22.1. The molecule has 184 valence electrons. The van der Waals surface area contributed by atoms with Gasteiger partial charge in [0.05, 0.1) is 20.9 Å². The fraction of sp³-hybridized carbons (Fsp3) is 0.440. The number of nitrogens with zero attached hydrogens (tertiary/aromatic N) is 3. The van der Waals surface area contributed by atoms with Crippen molar-refractivity contribution < 1.29 is 17.6 Å².